The Balaban J connectivity index is 2.04. The molecule has 0 aromatic heterocycles. The van der Waals surface area contributed by atoms with Crippen LogP contribution in [0.4, 0.5) is 4.39 Å². The Bertz CT molecular complexity index is 364. The highest BCUT2D eigenvalue weighted by molar-refractivity contribution is 9.10. The van der Waals surface area contributed by atoms with E-state index in [1.165, 1.54) is 6.07 Å². The predicted octanol–water partition coefficient (Wildman–Crippen LogP) is 2.67. The van der Waals surface area contributed by atoms with Gasteiger partial charge in [0.25, 0.3) is 0 Å². The van der Waals surface area contributed by atoms with Crippen molar-refractivity contribution in [1.29, 1.82) is 0 Å². The molecular formula is C12H14BrFO2. The van der Waals surface area contributed by atoms with Gasteiger partial charge in [0, 0.05) is 17.5 Å². The molecule has 1 heterocycles. The van der Waals surface area contributed by atoms with E-state index in [4.69, 9.17) is 4.74 Å². The third kappa shape index (κ3) is 2.81. The number of benzene rings is 1. The molecule has 2 nitrogen and oxygen atoms in total. The van der Waals surface area contributed by atoms with Gasteiger partial charge in [0.1, 0.15) is 5.82 Å². The summed E-state index contributed by atoms with van der Waals surface area (Å²) >= 11 is 3.29. The number of hydrogen-bond acceptors (Lipinski definition) is 2. The van der Waals surface area contributed by atoms with Gasteiger partial charge in [-0.3, -0.25) is 0 Å². The van der Waals surface area contributed by atoms with Crippen molar-refractivity contribution < 1.29 is 14.2 Å². The summed E-state index contributed by atoms with van der Waals surface area (Å²) in [7, 11) is 0. The van der Waals surface area contributed by atoms with Crippen molar-refractivity contribution in [3.8, 4) is 0 Å². The molecule has 0 saturated carbocycles. The Hall–Kier alpha value is -0.450. The minimum absolute atomic E-state index is 0.140. The van der Waals surface area contributed by atoms with Crippen LogP contribution in [-0.4, -0.2) is 23.9 Å². The van der Waals surface area contributed by atoms with Crippen LogP contribution in [0.25, 0.3) is 0 Å². The highest BCUT2D eigenvalue weighted by Gasteiger charge is 2.24. The van der Waals surface area contributed by atoms with Crippen molar-refractivity contribution in [2.75, 3.05) is 6.61 Å². The molecular weight excluding hydrogens is 275 g/mol. The Morgan fingerprint density at radius 2 is 2.38 bits per heavy atom. The molecule has 1 N–H and O–H groups in total. The van der Waals surface area contributed by atoms with Crippen molar-refractivity contribution in [1.82, 2.24) is 0 Å². The SMILES string of the molecule is OC(Cc1cc(Br)ccc1F)C1CCCO1. The zero-order valence-electron chi connectivity index (χ0n) is 8.83. The lowest BCUT2D eigenvalue weighted by atomic mass is 10.0. The maximum Gasteiger partial charge on any atom is 0.126 e. The van der Waals surface area contributed by atoms with Crippen LogP contribution in [0.1, 0.15) is 18.4 Å². The molecule has 0 bridgehead atoms. The maximum absolute atomic E-state index is 13.4. The lowest BCUT2D eigenvalue weighted by molar-refractivity contribution is -0.00113. The van der Waals surface area contributed by atoms with E-state index in [-0.39, 0.29) is 11.9 Å². The van der Waals surface area contributed by atoms with Crippen molar-refractivity contribution >= 4 is 15.9 Å². The van der Waals surface area contributed by atoms with E-state index in [1.807, 2.05) is 0 Å². The van der Waals surface area contributed by atoms with E-state index in [0.717, 1.165) is 17.3 Å². The molecule has 4 heteroatoms. The number of rotatable bonds is 3. The van der Waals surface area contributed by atoms with Gasteiger partial charge in [0.2, 0.25) is 0 Å². The molecule has 2 rings (SSSR count). The average Bonchev–Trinajstić information content (AvgIpc) is 2.76. The molecule has 16 heavy (non-hydrogen) atoms. The van der Waals surface area contributed by atoms with Crippen molar-refractivity contribution in [3.05, 3.63) is 34.1 Å². The summed E-state index contributed by atoms with van der Waals surface area (Å²) in [5.74, 6) is -0.278. The van der Waals surface area contributed by atoms with Crippen LogP contribution in [0.5, 0.6) is 0 Å². The smallest absolute Gasteiger partial charge is 0.126 e. The summed E-state index contributed by atoms with van der Waals surface area (Å²) in [6.45, 7) is 0.697. The van der Waals surface area contributed by atoms with Crippen LogP contribution in [0.3, 0.4) is 0 Å². The first kappa shape index (κ1) is 12.0. The van der Waals surface area contributed by atoms with E-state index >= 15 is 0 Å². The van der Waals surface area contributed by atoms with E-state index in [2.05, 4.69) is 15.9 Å². The number of aliphatic hydroxyl groups is 1. The molecule has 1 fully saturated rings. The van der Waals surface area contributed by atoms with Gasteiger partial charge in [-0.1, -0.05) is 15.9 Å². The minimum atomic E-state index is -0.619. The molecule has 1 saturated heterocycles. The fourth-order valence-electron chi connectivity index (χ4n) is 1.96. The fourth-order valence-corrected chi connectivity index (χ4v) is 2.37. The average molecular weight is 289 g/mol. The van der Waals surface area contributed by atoms with Gasteiger partial charge in [-0.2, -0.15) is 0 Å². The predicted molar refractivity (Wildman–Crippen MR) is 62.8 cm³/mol. The van der Waals surface area contributed by atoms with E-state index in [9.17, 15) is 9.50 Å². The van der Waals surface area contributed by atoms with E-state index < -0.39 is 6.10 Å². The second kappa shape index (κ2) is 5.25. The Labute approximate surface area is 103 Å². The van der Waals surface area contributed by atoms with Gasteiger partial charge in [-0.25, -0.2) is 4.39 Å². The lowest BCUT2D eigenvalue weighted by Crippen LogP contribution is -2.27. The molecule has 2 atom stereocenters. The van der Waals surface area contributed by atoms with Crippen LogP contribution >= 0.6 is 15.9 Å². The van der Waals surface area contributed by atoms with Crippen LogP contribution in [0.2, 0.25) is 0 Å². The second-order valence-corrected chi connectivity index (χ2v) is 4.97. The topological polar surface area (TPSA) is 29.5 Å². The lowest BCUT2D eigenvalue weighted by Gasteiger charge is -2.17. The van der Waals surface area contributed by atoms with Crippen molar-refractivity contribution in [2.45, 2.75) is 31.5 Å². The summed E-state index contributed by atoms with van der Waals surface area (Å²) in [4.78, 5) is 0. The zero-order chi connectivity index (χ0) is 11.5. The number of aliphatic hydroxyl groups excluding tert-OH is 1. The number of hydrogen-bond donors (Lipinski definition) is 1. The molecule has 2 unspecified atom stereocenters. The largest absolute Gasteiger partial charge is 0.390 e. The van der Waals surface area contributed by atoms with Gasteiger partial charge >= 0.3 is 0 Å². The highest BCUT2D eigenvalue weighted by atomic mass is 79.9. The summed E-state index contributed by atoms with van der Waals surface area (Å²) < 4.78 is 19.6. The first-order valence-corrected chi connectivity index (χ1v) is 6.19. The highest BCUT2D eigenvalue weighted by Crippen LogP contribution is 2.21. The van der Waals surface area contributed by atoms with Crippen molar-refractivity contribution in [3.63, 3.8) is 0 Å². The van der Waals surface area contributed by atoms with Crippen LogP contribution in [-0.2, 0) is 11.2 Å². The second-order valence-electron chi connectivity index (χ2n) is 4.06. The van der Waals surface area contributed by atoms with Gasteiger partial charge < -0.3 is 9.84 Å². The molecule has 0 spiro atoms. The van der Waals surface area contributed by atoms with Gasteiger partial charge in [-0.05, 0) is 36.6 Å². The first-order chi connectivity index (χ1) is 7.66. The first-order valence-electron chi connectivity index (χ1n) is 5.40. The van der Waals surface area contributed by atoms with Crippen LogP contribution in [0, 0.1) is 5.82 Å². The molecule has 1 aromatic rings. The minimum Gasteiger partial charge on any atom is -0.390 e. The fraction of sp³-hybridized carbons (Fsp3) is 0.500. The number of halogens is 2. The summed E-state index contributed by atoms with van der Waals surface area (Å²) in [6, 6.07) is 4.76. The zero-order valence-corrected chi connectivity index (χ0v) is 10.4. The van der Waals surface area contributed by atoms with Gasteiger partial charge in [0.05, 0.1) is 12.2 Å². The monoisotopic (exact) mass is 288 g/mol. The molecule has 0 amide bonds. The maximum atomic E-state index is 13.4. The standard InChI is InChI=1S/C12H14BrFO2/c13-9-3-4-10(14)8(6-9)7-11(15)12-2-1-5-16-12/h3-4,6,11-12,15H,1-2,5,7H2. The molecule has 1 aliphatic heterocycles. The third-order valence-corrected chi connectivity index (χ3v) is 3.32. The molecule has 0 radical (unpaired) electrons. The van der Waals surface area contributed by atoms with Crippen LogP contribution < -0.4 is 0 Å². The van der Waals surface area contributed by atoms with Crippen molar-refractivity contribution in [2.24, 2.45) is 0 Å². The van der Waals surface area contributed by atoms with Gasteiger partial charge in [-0.15, -0.1) is 0 Å². The molecule has 0 aliphatic carbocycles. The van der Waals surface area contributed by atoms with Gasteiger partial charge in [0.15, 0.2) is 0 Å². The third-order valence-electron chi connectivity index (χ3n) is 2.83. The number of ether oxygens (including phenoxy) is 1. The quantitative estimate of drug-likeness (QED) is 0.927. The summed E-state index contributed by atoms with van der Waals surface area (Å²) in [5, 5.41) is 9.91. The molecule has 88 valence electrons. The normalized spacial score (nSPS) is 22.3. The Kier molecular flexibility index (Phi) is 3.95. The molecule has 1 aliphatic rings. The van der Waals surface area contributed by atoms with Crippen LogP contribution in [0.15, 0.2) is 22.7 Å². The summed E-state index contributed by atoms with van der Waals surface area (Å²) in [5.41, 5.74) is 0.525. The molecule has 1 aromatic carbocycles. The Morgan fingerprint density at radius 3 is 3.06 bits per heavy atom. The van der Waals surface area contributed by atoms with E-state index in [0.29, 0.717) is 18.6 Å². The van der Waals surface area contributed by atoms with E-state index in [1.54, 1.807) is 12.1 Å². The Morgan fingerprint density at radius 1 is 1.56 bits per heavy atom. The summed E-state index contributed by atoms with van der Waals surface area (Å²) in [6.07, 6.45) is 1.37.